The van der Waals surface area contributed by atoms with Gasteiger partial charge in [0.05, 0.1) is 24.2 Å². The normalized spacial score (nSPS) is 10.8. The Balaban J connectivity index is 1.64. The van der Waals surface area contributed by atoms with Crippen LogP contribution in [0.15, 0.2) is 71.6 Å². The van der Waals surface area contributed by atoms with Crippen molar-refractivity contribution in [2.75, 3.05) is 0 Å². The SMILES string of the molecule is Cc1nn(-c2cccc(Cl)c2)nc1C(=O)N(Cc1cccnc1)Cc1ccco1. The molecule has 8 heteroatoms. The van der Waals surface area contributed by atoms with Gasteiger partial charge < -0.3 is 9.32 Å². The lowest BCUT2D eigenvalue weighted by atomic mass is 10.2. The van der Waals surface area contributed by atoms with Crippen molar-refractivity contribution >= 4 is 17.5 Å². The third-order valence-electron chi connectivity index (χ3n) is 4.33. The van der Waals surface area contributed by atoms with Gasteiger partial charge >= 0.3 is 0 Å². The molecule has 29 heavy (non-hydrogen) atoms. The number of aromatic nitrogens is 4. The maximum atomic E-state index is 13.3. The van der Waals surface area contributed by atoms with Crippen molar-refractivity contribution < 1.29 is 9.21 Å². The van der Waals surface area contributed by atoms with Crippen LogP contribution in [0.1, 0.15) is 27.5 Å². The van der Waals surface area contributed by atoms with Gasteiger partial charge in [-0.15, -0.1) is 5.10 Å². The lowest BCUT2D eigenvalue weighted by Crippen LogP contribution is -2.31. The first-order chi connectivity index (χ1) is 14.1. The summed E-state index contributed by atoms with van der Waals surface area (Å²) in [6, 6.07) is 14.5. The minimum absolute atomic E-state index is 0.240. The number of amides is 1. The number of pyridine rings is 1. The van der Waals surface area contributed by atoms with Crippen LogP contribution in [0, 0.1) is 6.92 Å². The fraction of sp³-hybridized carbons (Fsp3) is 0.143. The van der Waals surface area contributed by atoms with Crippen LogP contribution in [0.2, 0.25) is 5.02 Å². The highest BCUT2D eigenvalue weighted by Gasteiger charge is 2.24. The Morgan fingerprint density at radius 1 is 1.14 bits per heavy atom. The molecule has 0 saturated heterocycles. The van der Waals surface area contributed by atoms with Crippen LogP contribution in [0.25, 0.3) is 5.69 Å². The number of benzene rings is 1. The average Bonchev–Trinajstić information content (AvgIpc) is 3.37. The molecular formula is C21H18ClN5O2. The Kier molecular flexibility index (Phi) is 5.39. The van der Waals surface area contributed by atoms with Crippen molar-refractivity contribution in [2.45, 2.75) is 20.0 Å². The molecule has 0 saturated carbocycles. The predicted octanol–water partition coefficient (Wildman–Crippen LogP) is 4.06. The second-order valence-corrected chi connectivity index (χ2v) is 6.94. The van der Waals surface area contributed by atoms with E-state index in [1.54, 1.807) is 48.7 Å². The monoisotopic (exact) mass is 407 g/mol. The minimum Gasteiger partial charge on any atom is -0.467 e. The summed E-state index contributed by atoms with van der Waals surface area (Å²) in [7, 11) is 0. The number of nitrogens with zero attached hydrogens (tertiary/aromatic N) is 5. The highest BCUT2D eigenvalue weighted by atomic mass is 35.5. The molecule has 1 aromatic carbocycles. The first kappa shape index (κ1) is 18.9. The van der Waals surface area contributed by atoms with Gasteiger partial charge in [0, 0.05) is 24.0 Å². The van der Waals surface area contributed by atoms with E-state index in [1.165, 1.54) is 4.80 Å². The lowest BCUT2D eigenvalue weighted by Gasteiger charge is -2.20. The fourth-order valence-corrected chi connectivity index (χ4v) is 3.13. The van der Waals surface area contributed by atoms with E-state index in [9.17, 15) is 4.79 Å². The van der Waals surface area contributed by atoms with Crippen LogP contribution in [0.4, 0.5) is 0 Å². The van der Waals surface area contributed by atoms with Crippen molar-refractivity contribution in [1.29, 1.82) is 0 Å². The molecule has 0 unspecified atom stereocenters. The summed E-state index contributed by atoms with van der Waals surface area (Å²) in [5, 5.41) is 9.39. The van der Waals surface area contributed by atoms with Crippen LogP contribution < -0.4 is 0 Å². The van der Waals surface area contributed by atoms with Crippen molar-refractivity contribution in [1.82, 2.24) is 24.9 Å². The third kappa shape index (κ3) is 4.35. The predicted molar refractivity (Wildman–Crippen MR) is 108 cm³/mol. The van der Waals surface area contributed by atoms with Crippen LogP contribution in [-0.2, 0) is 13.1 Å². The molecule has 3 heterocycles. The quantitative estimate of drug-likeness (QED) is 0.481. The molecule has 0 atom stereocenters. The number of carbonyl (C=O) groups is 1. The highest BCUT2D eigenvalue weighted by Crippen LogP contribution is 2.17. The number of furan rings is 1. The molecule has 1 amide bonds. The molecule has 3 aromatic heterocycles. The van der Waals surface area contributed by atoms with Crippen molar-refractivity contribution in [3.63, 3.8) is 0 Å². The van der Waals surface area contributed by atoms with E-state index in [0.29, 0.717) is 35.3 Å². The zero-order valence-corrected chi connectivity index (χ0v) is 16.5. The summed E-state index contributed by atoms with van der Waals surface area (Å²) in [6.45, 7) is 2.44. The van der Waals surface area contributed by atoms with Gasteiger partial charge in [0.2, 0.25) is 0 Å². The van der Waals surface area contributed by atoms with E-state index in [2.05, 4.69) is 15.2 Å². The molecule has 0 aliphatic carbocycles. The summed E-state index contributed by atoms with van der Waals surface area (Å²) in [6.07, 6.45) is 5.02. The molecule has 7 nitrogen and oxygen atoms in total. The van der Waals surface area contributed by atoms with E-state index in [1.807, 2.05) is 30.3 Å². The van der Waals surface area contributed by atoms with E-state index in [0.717, 1.165) is 5.56 Å². The summed E-state index contributed by atoms with van der Waals surface area (Å²) in [5.74, 6) is 0.443. The zero-order valence-electron chi connectivity index (χ0n) is 15.7. The summed E-state index contributed by atoms with van der Waals surface area (Å²) < 4.78 is 5.44. The van der Waals surface area contributed by atoms with Gasteiger partial charge in [0.1, 0.15) is 5.76 Å². The van der Waals surface area contributed by atoms with Crippen LogP contribution in [0.3, 0.4) is 0 Å². The van der Waals surface area contributed by atoms with E-state index < -0.39 is 0 Å². The van der Waals surface area contributed by atoms with Crippen LogP contribution in [-0.4, -0.2) is 30.8 Å². The third-order valence-corrected chi connectivity index (χ3v) is 4.57. The van der Waals surface area contributed by atoms with E-state index >= 15 is 0 Å². The number of carbonyl (C=O) groups excluding carboxylic acids is 1. The Morgan fingerprint density at radius 2 is 2.03 bits per heavy atom. The van der Waals surface area contributed by atoms with Gasteiger partial charge in [-0.05, 0) is 48.9 Å². The summed E-state index contributed by atoms with van der Waals surface area (Å²) in [5.41, 5.74) is 2.41. The molecule has 4 aromatic rings. The molecule has 0 aliphatic rings. The minimum atomic E-state index is -0.240. The number of hydrogen-bond acceptors (Lipinski definition) is 5. The average molecular weight is 408 g/mol. The first-order valence-electron chi connectivity index (χ1n) is 9.00. The smallest absolute Gasteiger partial charge is 0.277 e. The van der Waals surface area contributed by atoms with Gasteiger partial charge in [0.25, 0.3) is 5.91 Å². The first-order valence-corrected chi connectivity index (χ1v) is 9.38. The Hall–Kier alpha value is -3.45. The Bertz CT molecular complexity index is 1110. The number of rotatable bonds is 6. The van der Waals surface area contributed by atoms with E-state index in [-0.39, 0.29) is 11.6 Å². The number of aryl methyl sites for hydroxylation is 1. The Labute approximate surface area is 172 Å². The van der Waals surface area contributed by atoms with Gasteiger partial charge in [-0.25, -0.2) is 0 Å². The van der Waals surface area contributed by atoms with Gasteiger partial charge in [-0.1, -0.05) is 23.7 Å². The molecular weight excluding hydrogens is 390 g/mol. The van der Waals surface area contributed by atoms with Crippen molar-refractivity contribution in [3.8, 4) is 5.69 Å². The highest BCUT2D eigenvalue weighted by molar-refractivity contribution is 6.30. The van der Waals surface area contributed by atoms with E-state index in [4.69, 9.17) is 16.0 Å². The molecule has 4 rings (SSSR count). The van der Waals surface area contributed by atoms with Gasteiger partial charge in [0.15, 0.2) is 5.69 Å². The molecule has 146 valence electrons. The van der Waals surface area contributed by atoms with Crippen molar-refractivity contribution in [3.05, 3.63) is 94.9 Å². The molecule has 0 N–H and O–H groups in total. The molecule has 0 radical (unpaired) electrons. The maximum Gasteiger partial charge on any atom is 0.277 e. The molecule has 0 fully saturated rings. The standard InChI is InChI=1S/C21H18ClN5O2/c1-15-20(25-27(24-15)18-7-2-6-17(22)11-18)21(28)26(14-19-8-4-10-29-19)13-16-5-3-9-23-12-16/h2-12H,13-14H2,1H3. The Morgan fingerprint density at radius 3 is 2.76 bits per heavy atom. The van der Waals surface area contributed by atoms with Gasteiger partial charge in [-0.3, -0.25) is 9.78 Å². The van der Waals surface area contributed by atoms with Crippen molar-refractivity contribution in [2.24, 2.45) is 0 Å². The van der Waals surface area contributed by atoms with Crippen LogP contribution >= 0.6 is 11.6 Å². The second-order valence-electron chi connectivity index (χ2n) is 6.51. The molecule has 0 bridgehead atoms. The largest absolute Gasteiger partial charge is 0.467 e. The summed E-state index contributed by atoms with van der Waals surface area (Å²) in [4.78, 5) is 20.5. The lowest BCUT2D eigenvalue weighted by molar-refractivity contribution is 0.0710. The zero-order chi connectivity index (χ0) is 20.2. The summed E-state index contributed by atoms with van der Waals surface area (Å²) >= 11 is 6.06. The van der Waals surface area contributed by atoms with Gasteiger partial charge in [-0.2, -0.15) is 9.90 Å². The second kappa shape index (κ2) is 8.28. The number of halogens is 1. The molecule has 0 aliphatic heterocycles. The van der Waals surface area contributed by atoms with Crippen LogP contribution in [0.5, 0.6) is 0 Å². The topological polar surface area (TPSA) is 77.1 Å². The fourth-order valence-electron chi connectivity index (χ4n) is 2.94. The maximum absolute atomic E-state index is 13.3. The molecule has 0 spiro atoms. The number of hydrogen-bond donors (Lipinski definition) is 0.